The zero-order valence-electron chi connectivity index (χ0n) is 11.5. The predicted octanol–water partition coefficient (Wildman–Crippen LogP) is 2.17. The zero-order valence-corrected chi connectivity index (χ0v) is 11.5. The molecule has 104 valence electrons. The van der Waals surface area contributed by atoms with Crippen LogP contribution in [0.25, 0.3) is 0 Å². The highest BCUT2D eigenvalue weighted by Gasteiger charge is 2.33. The topological polar surface area (TPSA) is 60.7 Å². The van der Waals surface area contributed by atoms with Crippen LogP contribution < -0.4 is 0 Å². The van der Waals surface area contributed by atoms with Gasteiger partial charge in [0.2, 0.25) is 0 Å². The fraction of sp³-hybridized carbons (Fsp3) is 0.733. The maximum Gasteiger partial charge on any atom is 0.0710 e. The Morgan fingerprint density at radius 2 is 2.11 bits per heavy atom. The number of rotatable bonds is 6. The molecule has 2 atom stereocenters. The second-order valence-electron chi connectivity index (χ2n) is 5.52. The van der Waals surface area contributed by atoms with Crippen molar-refractivity contribution in [1.29, 1.82) is 0 Å². The molecule has 0 saturated heterocycles. The van der Waals surface area contributed by atoms with Crippen molar-refractivity contribution in [3.8, 4) is 0 Å². The number of hydrogen-bond acceptors (Lipinski definition) is 3. The van der Waals surface area contributed by atoms with Gasteiger partial charge in [-0.3, -0.25) is 0 Å². The molecule has 18 heavy (non-hydrogen) atoms. The first kappa shape index (κ1) is 15.4. The number of allylic oxidation sites excluding steroid dienone is 2. The Labute approximate surface area is 110 Å². The minimum atomic E-state index is -0.577. The summed E-state index contributed by atoms with van der Waals surface area (Å²) < 4.78 is 0. The molecule has 1 aliphatic rings. The second-order valence-corrected chi connectivity index (χ2v) is 5.52. The molecule has 0 aromatic heterocycles. The summed E-state index contributed by atoms with van der Waals surface area (Å²) in [6, 6.07) is 0. The van der Waals surface area contributed by atoms with Gasteiger partial charge in [-0.15, -0.1) is 0 Å². The van der Waals surface area contributed by atoms with E-state index in [0.717, 1.165) is 32.1 Å². The lowest BCUT2D eigenvalue weighted by Crippen LogP contribution is -2.37. The van der Waals surface area contributed by atoms with Gasteiger partial charge < -0.3 is 15.3 Å². The van der Waals surface area contributed by atoms with Crippen LogP contribution in [0.3, 0.4) is 0 Å². The molecule has 0 amide bonds. The SMILES string of the molecule is CC1=CC[C@@](O)([C@@H](C)CCC=C(CO)CO)CC1. The minimum absolute atomic E-state index is 0.0862. The molecule has 0 fully saturated rings. The first-order chi connectivity index (χ1) is 8.51. The molecule has 1 rings (SSSR count). The summed E-state index contributed by atoms with van der Waals surface area (Å²) in [5.41, 5.74) is 1.45. The highest BCUT2D eigenvalue weighted by Crippen LogP contribution is 2.35. The van der Waals surface area contributed by atoms with E-state index in [-0.39, 0.29) is 19.1 Å². The Hall–Kier alpha value is -0.640. The van der Waals surface area contributed by atoms with E-state index < -0.39 is 5.60 Å². The van der Waals surface area contributed by atoms with E-state index in [4.69, 9.17) is 10.2 Å². The third kappa shape index (κ3) is 4.23. The van der Waals surface area contributed by atoms with E-state index in [1.807, 2.05) is 6.08 Å². The quantitative estimate of drug-likeness (QED) is 0.637. The molecular formula is C15H26O3. The fourth-order valence-electron chi connectivity index (χ4n) is 2.40. The molecule has 0 aromatic carbocycles. The second kappa shape index (κ2) is 7.07. The molecule has 0 saturated carbocycles. The number of aliphatic hydroxyl groups is 3. The zero-order chi connectivity index (χ0) is 13.6. The molecule has 0 heterocycles. The largest absolute Gasteiger partial charge is 0.392 e. The van der Waals surface area contributed by atoms with Crippen LogP contribution in [0.1, 0.15) is 46.0 Å². The van der Waals surface area contributed by atoms with E-state index in [1.54, 1.807) is 0 Å². The third-order valence-electron chi connectivity index (χ3n) is 4.11. The van der Waals surface area contributed by atoms with Crippen molar-refractivity contribution >= 4 is 0 Å². The van der Waals surface area contributed by atoms with Crippen LogP contribution in [0.15, 0.2) is 23.3 Å². The monoisotopic (exact) mass is 254 g/mol. The molecular weight excluding hydrogens is 228 g/mol. The van der Waals surface area contributed by atoms with E-state index in [2.05, 4.69) is 19.9 Å². The average Bonchev–Trinajstić information content (AvgIpc) is 2.38. The summed E-state index contributed by atoms with van der Waals surface area (Å²) in [5.74, 6) is 0.233. The lowest BCUT2D eigenvalue weighted by molar-refractivity contribution is -0.0234. The molecule has 0 bridgehead atoms. The van der Waals surface area contributed by atoms with E-state index in [9.17, 15) is 5.11 Å². The van der Waals surface area contributed by atoms with Crippen molar-refractivity contribution in [3.63, 3.8) is 0 Å². The summed E-state index contributed by atoms with van der Waals surface area (Å²) >= 11 is 0. The van der Waals surface area contributed by atoms with Crippen LogP contribution in [-0.4, -0.2) is 34.1 Å². The average molecular weight is 254 g/mol. The molecule has 3 heteroatoms. The van der Waals surface area contributed by atoms with Gasteiger partial charge in [-0.05, 0) is 50.5 Å². The highest BCUT2D eigenvalue weighted by molar-refractivity contribution is 5.09. The van der Waals surface area contributed by atoms with Crippen LogP contribution in [0.4, 0.5) is 0 Å². The number of aliphatic hydroxyl groups excluding tert-OH is 2. The van der Waals surface area contributed by atoms with Gasteiger partial charge in [-0.25, -0.2) is 0 Å². The van der Waals surface area contributed by atoms with Gasteiger partial charge in [0.1, 0.15) is 0 Å². The Morgan fingerprint density at radius 1 is 1.44 bits per heavy atom. The van der Waals surface area contributed by atoms with Crippen LogP contribution in [0.5, 0.6) is 0 Å². The Balaban J connectivity index is 2.45. The summed E-state index contributed by atoms with van der Waals surface area (Å²) in [6.07, 6.45) is 8.26. The van der Waals surface area contributed by atoms with Crippen molar-refractivity contribution in [3.05, 3.63) is 23.3 Å². The van der Waals surface area contributed by atoms with Gasteiger partial charge in [0.15, 0.2) is 0 Å². The third-order valence-corrected chi connectivity index (χ3v) is 4.11. The molecule has 3 N–H and O–H groups in total. The van der Waals surface area contributed by atoms with Crippen LogP contribution in [-0.2, 0) is 0 Å². The number of hydrogen-bond donors (Lipinski definition) is 3. The van der Waals surface area contributed by atoms with Crippen molar-refractivity contribution in [2.45, 2.75) is 51.6 Å². The maximum atomic E-state index is 10.6. The van der Waals surface area contributed by atoms with Gasteiger partial charge in [-0.2, -0.15) is 0 Å². The normalized spacial score (nSPS) is 25.5. The summed E-state index contributed by atoms with van der Waals surface area (Å²) in [6.45, 7) is 4.02. The van der Waals surface area contributed by atoms with E-state index >= 15 is 0 Å². The summed E-state index contributed by atoms with van der Waals surface area (Å²) in [4.78, 5) is 0. The van der Waals surface area contributed by atoms with E-state index in [0.29, 0.717) is 5.57 Å². The van der Waals surface area contributed by atoms with Crippen LogP contribution in [0.2, 0.25) is 0 Å². The Kier molecular flexibility index (Phi) is 6.06. The summed E-state index contributed by atoms with van der Waals surface area (Å²) in [7, 11) is 0. The van der Waals surface area contributed by atoms with Crippen molar-refractivity contribution in [2.24, 2.45) is 5.92 Å². The van der Waals surface area contributed by atoms with Gasteiger partial charge in [0.25, 0.3) is 0 Å². The van der Waals surface area contributed by atoms with E-state index in [1.165, 1.54) is 5.57 Å². The van der Waals surface area contributed by atoms with Gasteiger partial charge in [0, 0.05) is 0 Å². The molecule has 0 spiro atoms. The predicted molar refractivity (Wildman–Crippen MR) is 73.2 cm³/mol. The molecule has 3 nitrogen and oxygen atoms in total. The molecule has 0 aromatic rings. The highest BCUT2D eigenvalue weighted by atomic mass is 16.3. The fourth-order valence-corrected chi connectivity index (χ4v) is 2.40. The Bertz CT molecular complexity index is 314. The molecule has 0 unspecified atom stereocenters. The van der Waals surface area contributed by atoms with Crippen LogP contribution >= 0.6 is 0 Å². The first-order valence-corrected chi connectivity index (χ1v) is 6.79. The van der Waals surface area contributed by atoms with Gasteiger partial charge in [-0.1, -0.05) is 24.6 Å². The van der Waals surface area contributed by atoms with Gasteiger partial charge >= 0.3 is 0 Å². The van der Waals surface area contributed by atoms with Crippen molar-refractivity contribution in [2.75, 3.05) is 13.2 Å². The van der Waals surface area contributed by atoms with Gasteiger partial charge in [0.05, 0.1) is 18.8 Å². The van der Waals surface area contributed by atoms with Crippen LogP contribution in [0, 0.1) is 5.92 Å². The van der Waals surface area contributed by atoms with Crippen molar-refractivity contribution < 1.29 is 15.3 Å². The lowest BCUT2D eigenvalue weighted by Gasteiger charge is -2.36. The van der Waals surface area contributed by atoms with Crippen molar-refractivity contribution in [1.82, 2.24) is 0 Å². The maximum absolute atomic E-state index is 10.6. The minimum Gasteiger partial charge on any atom is -0.392 e. The molecule has 1 aliphatic carbocycles. The molecule has 0 radical (unpaired) electrons. The lowest BCUT2D eigenvalue weighted by atomic mass is 9.75. The standard InChI is InChI=1S/C15H26O3/c1-12-6-8-15(18,9-7-12)13(2)4-3-5-14(10-16)11-17/h5-6,13,16-18H,3-4,7-11H2,1-2H3/t13-,15-/m0/s1. The molecule has 0 aliphatic heterocycles. The smallest absolute Gasteiger partial charge is 0.0710 e. The Morgan fingerprint density at radius 3 is 2.61 bits per heavy atom. The summed E-state index contributed by atoms with van der Waals surface area (Å²) in [5, 5.41) is 28.4. The first-order valence-electron chi connectivity index (χ1n) is 6.79.